The first kappa shape index (κ1) is 15.5. The summed E-state index contributed by atoms with van der Waals surface area (Å²) >= 11 is 3.03. The van der Waals surface area contributed by atoms with Crippen LogP contribution in [0.4, 0.5) is 18.9 Å². The van der Waals surface area contributed by atoms with Crippen LogP contribution in [-0.2, 0) is 4.79 Å². The summed E-state index contributed by atoms with van der Waals surface area (Å²) in [6.07, 6.45) is -6.45. The lowest BCUT2D eigenvalue weighted by Gasteiger charge is -2.11. The monoisotopic (exact) mass is 339 g/mol. The fourth-order valence-electron chi connectivity index (χ4n) is 1.29. The number of aromatic carboxylic acids is 1. The quantitative estimate of drug-likeness (QED) is 0.883. The molecular formula is C11H9BrF3NO3. The molecule has 4 nitrogen and oxygen atoms in total. The zero-order valence-corrected chi connectivity index (χ0v) is 11.0. The SMILES string of the molecule is O=C(CCC(F)(F)F)Nc1c(Br)cccc1C(=O)O. The van der Waals surface area contributed by atoms with Crippen LogP contribution in [0.5, 0.6) is 0 Å². The number of carboxylic acids is 1. The largest absolute Gasteiger partial charge is 0.478 e. The molecule has 0 saturated carbocycles. The molecule has 2 N–H and O–H groups in total. The molecule has 0 unspecified atom stereocenters. The van der Waals surface area contributed by atoms with Crippen LogP contribution in [0, 0.1) is 0 Å². The summed E-state index contributed by atoms with van der Waals surface area (Å²) in [5, 5.41) is 11.1. The number of carbonyl (C=O) groups excluding carboxylic acids is 1. The molecule has 8 heteroatoms. The van der Waals surface area contributed by atoms with E-state index in [1.807, 2.05) is 0 Å². The molecule has 0 bridgehead atoms. The Balaban J connectivity index is 2.82. The van der Waals surface area contributed by atoms with Crippen molar-refractivity contribution in [2.45, 2.75) is 19.0 Å². The topological polar surface area (TPSA) is 66.4 Å². The third-order valence-electron chi connectivity index (χ3n) is 2.14. The van der Waals surface area contributed by atoms with Gasteiger partial charge in [-0.15, -0.1) is 0 Å². The first-order valence-corrected chi connectivity index (χ1v) is 5.88. The number of hydrogen-bond acceptors (Lipinski definition) is 2. The summed E-state index contributed by atoms with van der Waals surface area (Å²) in [6, 6.07) is 4.16. The molecule has 0 fully saturated rings. The molecule has 0 aliphatic heterocycles. The highest BCUT2D eigenvalue weighted by atomic mass is 79.9. The van der Waals surface area contributed by atoms with Crippen LogP contribution in [0.3, 0.4) is 0 Å². The van der Waals surface area contributed by atoms with Crippen LogP contribution in [0.15, 0.2) is 22.7 Å². The van der Waals surface area contributed by atoms with E-state index in [2.05, 4.69) is 21.2 Å². The lowest BCUT2D eigenvalue weighted by molar-refractivity contribution is -0.142. The highest BCUT2D eigenvalue weighted by Crippen LogP contribution is 2.27. The zero-order chi connectivity index (χ0) is 14.6. The predicted octanol–water partition coefficient (Wildman–Crippen LogP) is 3.43. The first-order chi connectivity index (χ1) is 8.70. The fraction of sp³-hybridized carbons (Fsp3) is 0.273. The van der Waals surface area contributed by atoms with Crippen molar-refractivity contribution < 1.29 is 27.9 Å². The van der Waals surface area contributed by atoms with E-state index in [1.165, 1.54) is 18.2 Å². The van der Waals surface area contributed by atoms with E-state index in [0.717, 1.165) is 0 Å². The molecule has 0 aliphatic carbocycles. The highest BCUT2D eigenvalue weighted by molar-refractivity contribution is 9.10. The molecule has 1 rings (SSSR count). The average molecular weight is 340 g/mol. The third kappa shape index (κ3) is 4.90. The Hall–Kier alpha value is -1.57. The van der Waals surface area contributed by atoms with Crippen LogP contribution in [-0.4, -0.2) is 23.2 Å². The van der Waals surface area contributed by atoms with Crippen LogP contribution < -0.4 is 5.32 Å². The van der Waals surface area contributed by atoms with Gasteiger partial charge in [0, 0.05) is 10.9 Å². The van der Waals surface area contributed by atoms with Crippen molar-refractivity contribution in [1.29, 1.82) is 0 Å². The fourth-order valence-corrected chi connectivity index (χ4v) is 1.75. The van der Waals surface area contributed by atoms with Crippen LogP contribution >= 0.6 is 15.9 Å². The van der Waals surface area contributed by atoms with Gasteiger partial charge in [-0.1, -0.05) is 6.07 Å². The molecule has 1 aromatic carbocycles. The lowest BCUT2D eigenvalue weighted by Crippen LogP contribution is -2.18. The number of benzene rings is 1. The summed E-state index contributed by atoms with van der Waals surface area (Å²) in [6.45, 7) is 0. The maximum Gasteiger partial charge on any atom is 0.389 e. The summed E-state index contributed by atoms with van der Waals surface area (Å²) in [5.74, 6) is -2.18. The number of rotatable bonds is 4. The van der Waals surface area contributed by atoms with Gasteiger partial charge in [-0.3, -0.25) is 4.79 Å². The van der Waals surface area contributed by atoms with Gasteiger partial charge in [-0.25, -0.2) is 4.79 Å². The molecule has 1 aromatic rings. The summed E-state index contributed by atoms with van der Waals surface area (Å²) in [4.78, 5) is 22.3. The highest BCUT2D eigenvalue weighted by Gasteiger charge is 2.28. The van der Waals surface area contributed by atoms with Crippen molar-refractivity contribution in [2.75, 3.05) is 5.32 Å². The second-order valence-corrected chi connectivity index (χ2v) is 4.49. The number of carbonyl (C=O) groups is 2. The van der Waals surface area contributed by atoms with Crippen molar-refractivity contribution in [3.05, 3.63) is 28.2 Å². The van der Waals surface area contributed by atoms with Gasteiger partial charge in [0.2, 0.25) is 5.91 Å². The normalized spacial score (nSPS) is 11.2. The number of alkyl halides is 3. The second-order valence-electron chi connectivity index (χ2n) is 3.63. The minimum Gasteiger partial charge on any atom is -0.478 e. The van der Waals surface area contributed by atoms with Crippen LogP contribution in [0.25, 0.3) is 0 Å². The number of anilines is 1. The van der Waals surface area contributed by atoms with Crippen LogP contribution in [0.2, 0.25) is 0 Å². The Morgan fingerprint density at radius 2 is 1.95 bits per heavy atom. The number of para-hydroxylation sites is 1. The van der Waals surface area contributed by atoms with Crippen molar-refractivity contribution in [3.8, 4) is 0 Å². The Morgan fingerprint density at radius 3 is 2.47 bits per heavy atom. The molecule has 1 amide bonds. The van der Waals surface area contributed by atoms with Gasteiger partial charge < -0.3 is 10.4 Å². The smallest absolute Gasteiger partial charge is 0.389 e. The van der Waals surface area contributed by atoms with Crippen molar-refractivity contribution >= 4 is 33.5 Å². The number of halogens is 4. The summed E-state index contributed by atoms with van der Waals surface area (Å²) in [5.41, 5.74) is -0.253. The summed E-state index contributed by atoms with van der Waals surface area (Å²) < 4.78 is 36.2. The molecule has 0 aliphatic rings. The average Bonchev–Trinajstić information content (AvgIpc) is 2.28. The second kappa shape index (κ2) is 6.05. The molecule has 0 heterocycles. The Morgan fingerprint density at radius 1 is 1.32 bits per heavy atom. The molecule has 0 radical (unpaired) electrons. The third-order valence-corrected chi connectivity index (χ3v) is 2.80. The molecule has 0 aromatic heterocycles. The van der Waals surface area contributed by atoms with E-state index in [-0.39, 0.29) is 15.7 Å². The van der Waals surface area contributed by atoms with Gasteiger partial charge in [0.1, 0.15) is 0 Å². The molecular weight excluding hydrogens is 331 g/mol. The number of amides is 1. The molecule has 0 spiro atoms. The minimum absolute atomic E-state index is 0.0535. The van der Waals surface area contributed by atoms with Crippen molar-refractivity contribution in [2.24, 2.45) is 0 Å². The van der Waals surface area contributed by atoms with E-state index in [0.29, 0.717) is 0 Å². The standard InChI is InChI=1S/C11H9BrF3NO3/c12-7-3-1-2-6(10(18)19)9(7)16-8(17)4-5-11(13,14)15/h1-3H,4-5H2,(H,16,17)(H,18,19). The van der Waals surface area contributed by atoms with Crippen molar-refractivity contribution in [1.82, 2.24) is 0 Å². The van der Waals surface area contributed by atoms with Gasteiger partial charge in [0.25, 0.3) is 0 Å². The number of hydrogen-bond donors (Lipinski definition) is 2. The van der Waals surface area contributed by atoms with Gasteiger partial charge in [0.05, 0.1) is 17.7 Å². The van der Waals surface area contributed by atoms with Crippen LogP contribution in [0.1, 0.15) is 23.2 Å². The first-order valence-electron chi connectivity index (χ1n) is 5.09. The minimum atomic E-state index is -4.43. The molecule has 0 saturated heterocycles. The van der Waals surface area contributed by atoms with E-state index in [1.54, 1.807) is 0 Å². The maximum atomic E-state index is 12.0. The van der Waals surface area contributed by atoms with Crippen molar-refractivity contribution in [3.63, 3.8) is 0 Å². The number of nitrogens with one attached hydrogen (secondary N) is 1. The van der Waals surface area contributed by atoms with Gasteiger partial charge in [-0.2, -0.15) is 13.2 Å². The van der Waals surface area contributed by atoms with Gasteiger partial charge >= 0.3 is 12.1 Å². The zero-order valence-electron chi connectivity index (χ0n) is 9.42. The molecule has 104 valence electrons. The molecule has 19 heavy (non-hydrogen) atoms. The predicted molar refractivity (Wildman–Crippen MR) is 65.0 cm³/mol. The Bertz CT molecular complexity index is 502. The van der Waals surface area contributed by atoms with E-state index in [9.17, 15) is 22.8 Å². The maximum absolute atomic E-state index is 12.0. The van der Waals surface area contributed by atoms with E-state index >= 15 is 0 Å². The Labute approximate surface area is 114 Å². The van der Waals surface area contributed by atoms with E-state index in [4.69, 9.17) is 5.11 Å². The van der Waals surface area contributed by atoms with Gasteiger partial charge in [0.15, 0.2) is 0 Å². The van der Waals surface area contributed by atoms with Gasteiger partial charge in [-0.05, 0) is 28.1 Å². The lowest BCUT2D eigenvalue weighted by atomic mass is 10.1. The number of carboxylic acid groups (broad SMARTS) is 1. The Kier molecular flexibility index (Phi) is 4.93. The molecule has 0 atom stereocenters. The summed E-state index contributed by atoms with van der Waals surface area (Å²) in [7, 11) is 0. The van der Waals surface area contributed by atoms with E-state index < -0.39 is 30.9 Å².